The van der Waals surface area contributed by atoms with Crippen LogP contribution in [0.3, 0.4) is 0 Å². The predicted molar refractivity (Wildman–Crippen MR) is 56.9 cm³/mol. The van der Waals surface area contributed by atoms with Crippen LogP contribution < -0.4 is 0 Å². The molecule has 0 atom stereocenters. The van der Waals surface area contributed by atoms with Crippen LogP contribution in [-0.2, 0) is 6.61 Å². The highest BCUT2D eigenvalue weighted by atomic mass is 127. The zero-order valence-corrected chi connectivity index (χ0v) is 9.15. The molecule has 0 aromatic heterocycles. The van der Waals surface area contributed by atoms with Crippen molar-refractivity contribution in [3.63, 3.8) is 0 Å². The predicted octanol–water partition coefficient (Wildman–Crippen LogP) is 2.51. The van der Waals surface area contributed by atoms with Crippen molar-refractivity contribution in [2.45, 2.75) is 11.5 Å². The Morgan fingerprint density at radius 2 is 2.27 bits per heavy atom. The van der Waals surface area contributed by atoms with Crippen molar-refractivity contribution in [3.8, 4) is 0 Å². The second-order valence-electron chi connectivity index (χ2n) is 2.12. The van der Waals surface area contributed by atoms with Gasteiger partial charge in [-0.2, -0.15) is 0 Å². The van der Waals surface area contributed by atoms with Crippen molar-refractivity contribution in [3.05, 3.63) is 27.3 Å². The van der Waals surface area contributed by atoms with Gasteiger partial charge in [-0.25, -0.2) is 0 Å². The van der Waals surface area contributed by atoms with Crippen molar-refractivity contribution in [2.24, 2.45) is 0 Å². The summed E-state index contributed by atoms with van der Waals surface area (Å²) in [6.45, 7) is 0.132. The average molecular weight is 280 g/mol. The van der Waals surface area contributed by atoms with E-state index in [0.717, 1.165) is 9.13 Å². The number of rotatable bonds is 2. The number of hydrogen-bond acceptors (Lipinski definition) is 2. The van der Waals surface area contributed by atoms with E-state index in [1.807, 2.05) is 18.4 Å². The lowest BCUT2D eigenvalue weighted by molar-refractivity contribution is 0.281. The van der Waals surface area contributed by atoms with Crippen molar-refractivity contribution in [2.75, 3.05) is 6.26 Å². The summed E-state index contributed by atoms with van der Waals surface area (Å²) >= 11 is 3.95. The molecule has 0 saturated carbocycles. The van der Waals surface area contributed by atoms with Gasteiger partial charge in [0.25, 0.3) is 0 Å². The number of aliphatic hydroxyl groups is 1. The summed E-state index contributed by atoms with van der Waals surface area (Å²) in [5, 5.41) is 8.87. The highest BCUT2D eigenvalue weighted by Gasteiger charge is 1.98. The summed E-state index contributed by atoms with van der Waals surface area (Å²) < 4.78 is 1.14. The second-order valence-corrected chi connectivity index (χ2v) is 4.16. The molecule has 1 N–H and O–H groups in total. The van der Waals surface area contributed by atoms with Gasteiger partial charge in [-0.3, -0.25) is 0 Å². The maximum Gasteiger partial charge on any atom is 0.0692 e. The van der Waals surface area contributed by atoms with Gasteiger partial charge in [0.1, 0.15) is 0 Å². The third-order valence-corrected chi connectivity index (χ3v) is 3.16. The molecule has 0 saturated heterocycles. The first-order valence-corrected chi connectivity index (χ1v) is 5.51. The lowest BCUT2D eigenvalue weighted by Crippen LogP contribution is -1.87. The maximum atomic E-state index is 8.87. The molecule has 0 heterocycles. The molecule has 0 fully saturated rings. The molecule has 0 radical (unpaired) electrons. The third-order valence-electron chi connectivity index (χ3n) is 1.43. The fourth-order valence-electron chi connectivity index (χ4n) is 0.783. The van der Waals surface area contributed by atoms with Gasteiger partial charge in [-0.15, -0.1) is 11.8 Å². The normalized spacial score (nSPS) is 10.1. The van der Waals surface area contributed by atoms with E-state index in [2.05, 4.69) is 28.7 Å². The van der Waals surface area contributed by atoms with Gasteiger partial charge in [0, 0.05) is 8.47 Å². The van der Waals surface area contributed by atoms with E-state index in [4.69, 9.17) is 5.11 Å². The highest BCUT2D eigenvalue weighted by molar-refractivity contribution is 14.1. The van der Waals surface area contributed by atoms with Gasteiger partial charge in [0.05, 0.1) is 6.61 Å². The van der Waals surface area contributed by atoms with E-state index < -0.39 is 0 Å². The molecule has 1 aromatic rings. The summed E-state index contributed by atoms with van der Waals surface area (Å²) in [6, 6.07) is 6.07. The Morgan fingerprint density at radius 1 is 1.55 bits per heavy atom. The molecule has 11 heavy (non-hydrogen) atoms. The molecule has 60 valence electrons. The average Bonchev–Trinajstić information content (AvgIpc) is 2.04. The fourth-order valence-corrected chi connectivity index (χ4v) is 2.12. The number of halogens is 1. The minimum absolute atomic E-state index is 0.132. The summed E-state index contributed by atoms with van der Waals surface area (Å²) in [6.07, 6.45) is 2.05. The molecule has 0 amide bonds. The van der Waals surface area contributed by atoms with Crippen LogP contribution in [0.4, 0.5) is 0 Å². The van der Waals surface area contributed by atoms with Crippen molar-refractivity contribution < 1.29 is 5.11 Å². The minimum Gasteiger partial charge on any atom is -0.392 e. The standard InChI is InChI=1S/C8H9IOS/c1-11-7-3-2-6(5-10)8(9)4-7/h2-4,10H,5H2,1H3. The van der Waals surface area contributed by atoms with Crippen molar-refractivity contribution in [1.82, 2.24) is 0 Å². The van der Waals surface area contributed by atoms with E-state index in [9.17, 15) is 0 Å². The van der Waals surface area contributed by atoms with E-state index in [1.165, 1.54) is 4.90 Å². The summed E-state index contributed by atoms with van der Waals surface area (Å²) in [5.41, 5.74) is 1.00. The number of benzene rings is 1. The SMILES string of the molecule is CSc1ccc(CO)c(I)c1. The monoisotopic (exact) mass is 280 g/mol. The molecule has 1 nitrogen and oxygen atoms in total. The number of thioether (sulfide) groups is 1. The third kappa shape index (κ3) is 2.35. The lowest BCUT2D eigenvalue weighted by atomic mass is 10.2. The number of hydrogen-bond donors (Lipinski definition) is 1. The van der Waals surface area contributed by atoms with E-state index in [0.29, 0.717) is 0 Å². The molecule has 1 aromatic carbocycles. The van der Waals surface area contributed by atoms with E-state index in [1.54, 1.807) is 11.8 Å². The number of aliphatic hydroxyl groups excluding tert-OH is 1. The molecule has 0 aliphatic rings. The Kier molecular flexibility index (Phi) is 3.68. The quantitative estimate of drug-likeness (QED) is 0.663. The Morgan fingerprint density at radius 3 is 2.73 bits per heavy atom. The Bertz CT molecular complexity index is 250. The van der Waals surface area contributed by atoms with Crippen LogP contribution in [0, 0.1) is 3.57 Å². The lowest BCUT2D eigenvalue weighted by Gasteiger charge is -2.01. The fraction of sp³-hybridized carbons (Fsp3) is 0.250. The van der Waals surface area contributed by atoms with E-state index >= 15 is 0 Å². The van der Waals surface area contributed by atoms with Crippen LogP contribution in [0.15, 0.2) is 23.1 Å². The van der Waals surface area contributed by atoms with Gasteiger partial charge >= 0.3 is 0 Å². The summed E-state index contributed by atoms with van der Waals surface area (Å²) in [5.74, 6) is 0. The molecule has 3 heteroatoms. The van der Waals surface area contributed by atoms with Crippen LogP contribution in [0.1, 0.15) is 5.56 Å². The van der Waals surface area contributed by atoms with Crippen LogP contribution in [-0.4, -0.2) is 11.4 Å². The molecule has 0 bridgehead atoms. The Hall–Kier alpha value is 0.260. The van der Waals surface area contributed by atoms with Crippen molar-refractivity contribution >= 4 is 34.4 Å². The first-order chi connectivity index (χ1) is 5.27. The molecule has 0 spiro atoms. The molecule has 1 rings (SSSR count). The topological polar surface area (TPSA) is 20.2 Å². The molecule has 0 aliphatic heterocycles. The summed E-state index contributed by atoms with van der Waals surface area (Å²) in [4.78, 5) is 1.24. The molecular formula is C8H9IOS. The summed E-state index contributed by atoms with van der Waals surface area (Å²) in [7, 11) is 0. The van der Waals surface area contributed by atoms with Gasteiger partial charge in [0.15, 0.2) is 0 Å². The minimum atomic E-state index is 0.132. The maximum absolute atomic E-state index is 8.87. The molecular weight excluding hydrogens is 271 g/mol. The smallest absolute Gasteiger partial charge is 0.0692 e. The Labute approximate surface area is 84.3 Å². The van der Waals surface area contributed by atoms with Gasteiger partial charge in [0.2, 0.25) is 0 Å². The van der Waals surface area contributed by atoms with Gasteiger partial charge in [-0.05, 0) is 46.5 Å². The zero-order valence-electron chi connectivity index (χ0n) is 6.17. The van der Waals surface area contributed by atoms with Crippen LogP contribution in [0.25, 0.3) is 0 Å². The van der Waals surface area contributed by atoms with Gasteiger partial charge < -0.3 is 5.11 Å². The first kappa shape index (κ1) is 9.35. The largest absolute Gasteiger partial charge is 0.392 e. The zero-order chi connectivity index (χ0) is 8.27. The van der Waals surface area contributed by atoms with Crippen LogP contribution >= 0.6 is 34.4 Å². The van der Waals surface area contributed by atoms with E-state index in [-0.39, 0.29) is 6.61 Å². The highest BCUT2D eigenvalue weighted by Crippen LogP contribution is 2.20. The first-order valence-electron chi connectivity index (χ1n) is 3.21. The van der Waals surface area contributed by atoms with Crippen LogP contribution in [0.5, 0.6) is 0 Å². The van der Waals surface area contributed by atoms with Crippen LogP contribution in [0.2, 0.25) is 0 Å². The van der Waals surface area contributed by atoms with Crippen molar-refractivity contribution in [1.29, 1.82) is 0 Å². The Balaban J connectivity index is 2.99. The molecule has 0 unspecified atom stereocenters. The molecule has 0 aliphatic carbocycles. The van der Waals surface area contributed by atoms with Gasteiger partial charge in [-0.1, -0.05) is 6.07 Å². The second kappa shape index (κ2) is 4.33.